The van der Waals surface area contributed by atoms with E-state index in [1.54, 1.807) is 18.7 Å². The average molecular weight is 494 g/mol. The van der Waals surface area contributed by atoms with E-state index in [-0.39, 0.29) is 11.4 Å². The standard InChI is InChI=1S/C22H22F3N5O3S/c1-29(12-18(31)26-17-10-5-4-9-16(17)22(23,24)25)19(32)13-34-21-28-27-20(30(21)2)14-7-6-8-15(11-14)33-3/h4-11H,12-13H2,1-3H3,(H,26,31). The first-order valence-corrected chi connectivity index (χ1v) is 11.0. The number of carbonyl (C=O) groups excluding carboxylic acids is 2. The minimum absolute atomic E-state index is 0.0347. The highest BCUT2D eigenvalue weighted by Crippen LogP contribution is 2.34. The molecule has 0 aliphatic rings. The maximum Gasteiger partial charge on any atom is 0.418 e. The van der Waals surface area contributed by atoms with Crippen LogP contribution < -0.4 is 10.1 Å². The summed E-state index contributed by atoms with van der Waals surface area (Å²) in [6.45, 7) is -0.403. The number of thioether (sulfide) groups is 1. The Morgan fingerprint density at radius 1 is 1.15 bits per heavy atom. The van der Waals surface area contributed by atoms with Gasteiger partial charge in [0.05, 0.1) is 30.7 Å². The lowest BCUT2D eigenvalue weighted by molar-refractivity contribution is -0.137. The number of benzene rings is 2. The van der Waals surface area contributed by atoms with E-state index in [1.807, 2.05) is 24.3 Å². The van der Waals surface area contributed by atoms with Gasteiger partial charge in [-0.1, -0.05) is 36.0 Å². The molecule has 12 heteroatoms. The normalized spacial score (nSPS) is 11.2. The van der Waals surface area contributed by atoms with Gasteiger partial charge in [0.25, 0.3) is 0 Å². The summed E-state index contributed by atoms with van der Waals surface area (Å²) in [5, 5.41) is 11.0. The van der Waals surface area contributed by atoms with E-state index in [9.17, 15) is 22.8 Å². The van der Waals surface area contributed by atoms with Crippen LogP contribution in [0.2, 0.25) is 0 Å². The molecule has 0 radical (unpaired) electrons. The molecule has 8 nitrogen and oxygen atoms in total. The van der Waals surface area contributed by atoms with Gasteiger partial charge in [-0.05, 0) is 24.3 Å². The van der Waals surface area contributed by atoms with Crippen LogP contribution in [0.25, 0.3) is 11.4 Å². The van der Waals surface area contributed by atoms with Crippen LogP contribution in [0.4, 0.5) is 18.9 Å². The van der Waals surface area contributed by atoms with E-state index in [0.29, 0.717) is 16.7 Å². The largest absolute Gasteiger partial charge is 0.497 e. The molecule has 0 aliphatic carbocycles. The molecule has 1 heterocycles. The van der Waals surface area contributed by atoms with Crippen molar-refractivity contribution in [3.05, 3.63) is 54.1 Å². The van der Waals surface area contributed by atoms with Gasteiger partial charge in [-0.25, -0.2) is 0 Å². The number of amides is 2. The predicted octanol–water partition coefficient (Wildman–Crippen LogP) is 3.70. The summed E-state index contributed by atoms with van der Waals surface area (Å²) in [7, 11) is 4.72. The number of alkyl halides is 3. The highest BCUT2D eigenvalue weighted by molar-refractivity contribution is 7.99. The number of likely N-dealkylation sites (N-methyl/N-ethyl adjacent to an activating group) is 1. The maximum atomic E-state index is 13.1. The van der Waals surface area contributed by atoms with Crippen LogP contribution in [0.1, 0.15) is 5.56 Å². The van der Waals surface area contributed by atoms with E-state index in [0.717, 1.165) is 34.4 Å². The van der Waals surface area contributed by atoms with E-state index in [4.69, 9.17) is 4.74 Å². The fraction of sp³-hybridized carbons (Fsp3) is 0.273. The summed E-state index contributed by atoms with van der Waals surface area (Å²) < 4.78 is 46.2. The van der Waals surface area contributed by atoms with Crippen LogP contribution in [-0.4, -0.2) is 57.9 Å². The van der Waals surface area contributed by atoms with Gasteiger partial charge in [0.15, 0.2) is 11.0 Å². The second-order valence-corrected chi connectivity index (χ2v) is 8.17. The van der Waals surface area contributed by atoms with Crippen LogP contribution in [0.5, 0.6) is 5.75 Å². The Labute approximate surface area is 198 Å². The topological polar surface area (TPSA) is 89.4 Å². The van der Waals surface area contributed by atoms with E-state index >= 15 is 0 Å². The molecule has 0 bridgehead atoms. The lowest BCUT2D eigenvalue weighted by atomic mass is 10.1. The van der Waals surface area contributed by atoms with Crippen molar-refractivity contribution in [1.29, 1.82) is 0 Å². The van der Waals surface area contributed by atoms with Crippen LogP contribution in [0.15, 0.2) is 53.7 Å². The zero-order chi connectivity index (χ0) is 24.9. The molecule has 34 heavy (non-hydrogen) atoms. The van der Waals surface area contributed by atoms with Gasteiger partial charge >= 0.3 is 6.18 Å². The molecule has 0 saturated heterocycles. The van der Waals surface area contributed by atoms with Crippen molar-refractivity contribution >= 4 is 29.3 Å². The molecule has 0 atom stereocenters. The summed E-state index contributed by atoms with van der Waals surface area (Å²) in [5.41, 5.74) is -0.526. The Hall–Kier alpha value is -3.54. The molecule has 0 unspecified atom stereocenters. The van der Waals surface area contributed by atoms with Crippen molar-refractivity contribution in [2.75, 3.05) is 31.8 Å². The van der Waals surface area contributed by atoms with E-state index in [1.165, 1.54) is 19.2 Å². The zero-order valence-electron chi connectivity index (χ0n) is 18.6. The van der Waals surface area contributed by atoms with Crippen molar-refractivity contribution in [1.82, 2.24) is 19.7 Å². The summed E-state index contributed by atoms with van der Waals surface area (Å²) in [5.74, 6) is 0.0896. The third-order valence-corrected chi connectivity index (χ3v) is 5.81. The summed E-state index contributed by atoms with van der Waals surface area (Å²) in [6.07, 6.45) is -4.61. The quantitative estimate of drug-likeness (QED) is 0.482. The van der Waals surface area contributed by atoms with Crippen molar-refractivity contribution in [3.8, 4) is 17.1 Å². The van der Waals surface area contributed by atoms with Crippen LogP contribution >= 0.6 is 11.8 Å². The molecule has 0 spiro atoms. The summed E-state index contributed by atoms with van der Waals surface area (Å²) in [6, 6.07) is 12.0. The first-order valence-electron chi connectivity index (χ1n) is 9.96. The third kappa shape index (κ3) is 6.07. The van der Waals surface area contributed by atoms with Gasteiger partial charge in [-0.15, -0.1) is 10.2 Å². The summed E-state index contributed by atoms with van der Waals surface area (Å²) >= 11 is 1.13. The Bertz CT molecular complexity index is 1180. The van der Waals surface area contributed by atoms with Crippen molar-refractivity contribution in [3.63, 3.8) is 0 Å². The minimum Gasteiger partial charge on any atom is -0.497 e. The second-order valence-electron chi connectivity index (χ2n) is 7.23. The highest BCUT2D eigenvalue weighted by Gasteiger charge is 2.33. The number of para-hydroxylation sites is 1. The molecule has 2 aromatic carbocycles. The van der Waals surface area contributed by atoms with Gasteiger partial charge in [0, 0.05) is 19.7 Å². The number of halogens is 3. The fourth-order valence-corrected chi connectivity index (χ4v) is 3.87. The van der Waals surface area contributed by atoms with Gasteiger partial charge in [-0.3, -0.25) is 9.59 Å². The van der Waals surface area contributed by atoms with Crippen LogP contribution in [0.3, 0.4) is 0 Å². The Morgan fingerprint density at radius 2 is 1.88 bits per heavy atom. The number of aromatic nitrogens is 3. The number of anilines is 1. The lowest BCUT2D eigenvalue weighted by Gasteiger charge is -2.18. The number of rotatable bonds is 8. The average Bonchev–Trinajstić information content (AvgIpc) is 3.17. The van der Waals surface area contributed by atoms with Gasteiger partial charge in [0.1, 0.15) is 5.75 Å². The molecule has 3 rings (SSSR count). The van der Waals surface area contributed by atoms with Crippen molar-refractivity contribution in [2.24, 2.45) is 7.05 Å². The Morgan fingerprint density at radius 3 is 2.59 bits per heavy atom. The number of hydrogen-bond donors (Lipinski definition) is 1. The molecule has 1 aromatic heterocycles. The predicted molar refractivity (Wildman–Crippen MR) is 121 cm³/mol. The van der Waals surface area contributed by atoms with Gasteiger partial charge < -0.3 is 19.5 Å². The SMILES string of the molecule is COc1cccc(-c2nnc(SCC(=O)N(C)CC(=O)Nc3ccccc3C(F)(F)F)n2C)c1. The van der Waals surface area contributed by atoms with Crippen LogP contribution in [0, 0.1) is 0 Å². The Balaban J connectivity index is 1.58. The molecule has 0 fully saturated rings. The number of nitrogens with one attached hydrogen (secondary N) is 1. The number of ether oxygens (including phenoxy) is 1. The molecule has 3 aromatic rings. The van der Waals surface area contributed by atoms with Gasteiger partial charge in [-0.2, -0.15) is 13.2 Å². The fourth-order valence-electron chi connectivity index (χ4n) is 3.02. The third-order valence-electron chi connectivity index (χ3n) is 4.80. The molecule has 0 aliphatic heterocycles. The molecule has 1 N–H and O–H groups in total. The number of nitrogens with zero attached hydrogens (tertiary/aromatic N) is 4. The molecular formula is C22H22F3N5O3S. The molecular weight excluding hydrogens is 471 g/mol. The Kier molecular flexibility index (Phi) is 7.82. The van der Waals surface area contributed by atoms with Gasteiger partial charge in [0.2, 0.25) is 11.8 Å². The first-order chi connectivity index (χ1) is 16.1. The van der Waals surface area contributed by atoms with Crippen molar-refractivity contribution in [2.45, 2.75) is 11.3 Å². The maximum absolute atomic E-state index is 13.1. The van der Waals surface area contributed by atoms with E-state index in [2.05, 4.69) is 15.5 Å². The highest BCUT2D eigenvalue weighted by atomic mass is 32.2. The second kappa shape index (κ2) is 10.6. The van der Waals surface area contributed by atoms with Crippen molar-refractivity contribution < 1.29 is 27.5 Å². The molecule has 180 valence electrons. The first kappa shape index (κ1) is 25.1. The molecule has 0 saturated carbocycles. The number of carbonyl (C=O) groups is 2. The van der Waals surface area contributed by atoms with Crippen LogP contribution in [-0.2, 0) is 22.8 Å². The zero-order valence-corrected chi connectivity index (χ0v) is 19.4. The smallest absolute Gasteiger partial charge is 0.418 e. The van der Waals surface area contributed by atoms with E-state index < -0.39 is 30.1 Å². The number of hydrogen-bond acceptors (Lipinski definition) is 6. The minimum atomic E-state index is -4.61. The number of methoxy groups -OCH3 is 1. The molecule has 2 amide bonds. The monoisotopic (exact) mass is 493 g/mol. The summed E-state index contributed by atoms with van der Waals surface area (Å²) in [4.78, 5) is 25.8. The lowest BCUT2D eigenvalue weighted by Crippen LogP contribution is -2.36.